The van der Waals surface area contributed by atoms with Crippen LogP contribution in [0, 0.1) is 5.92 Å². The third-order valence-electron chi connectivity index (χ3n) is 5.50. The number of rotatable bonds is 6. The van der Waals surface area contributed by atoms with Crippen molar-refractivity contribution in [1.82, 2.24) is 25.2 Å². The molecule has 144 valence electrons. The number of nitrogen functional groups attached to an aromatic ring is 1. The normalized spacial score (nSPS) is 23.3. The molecule has 26 heavy (non-hydrogen) atoms. The van der Waals surface area contributed by atoms with Gasteiger partial charge in [0.05, 0.1) is 6.54 Å². The van der Waals surface area contributed by atoms with E-state index in [9.17, 15) is 4.79 Å². The molecule has 0 aromatic carbocycles. The van der Waals surface area contributed by atoms with E-state index >= 15 is 0 Å². The molecule has 8 nitrogen and oxygen atoms in total. The fourth-order valence-corrected chi connectivity index (χ4v) is 4.20. The Morgan fingerprint density at radius 2 is 2.00 bits per heavy atom. The molecule has 0 saturated carbocycles. The van der Waals surface area contributed by atoms with Crippen LogP contribution >= 0.6 is 0 Å². The molecular weight excluding hydrogens is 330 g/mol. The van der Waals surface area contributed by atoms with Crippen molar-refractivity contribution in [3.05, 3.63) is 5.82 Å². The molecule has 2 aliphatic heterocycles. The molecule has 0 aliphatic carbocycles. The summed E-state index contributed by atoms with van der Waals surface area (Å²) in [6.45, 7) is 2.76. The van der Waals surface area contributed by atoms with Gasteiger partial charge in [0.15, 0.2) is 5.82 Å². The predicted molar refractivity (Wildman–Crippen MR) is 102 cm³/mol. The molecule has 2 fully saturated rings. The van der Waals surface area contributed by atoms with Gasteiger partial charge in [-0.1, -0.05) is 6.42 Å². The van der Waals surface area contributed by atoms with E-state index in [0.717, 1.165) is 6.42 Å². The van der Waals surface area contributed by atoms with Crippen molar-refractivity contribution in [2.45, 2.75) is 57.5 Å². The number of aromatic nitrogens is 3. The highest BCUT2D eigenvalue weighted by Gasteiger charge is 2.32. The number of anilines is 2. The average molecular weight is 361 g/mol. The summed E-state index contributed by atoms with van der Waals surface area (Å²) in [6.07, 6.45) is 8.01. The maximum atomic E-state index is 12.3. The first-order valence-electron chi connectivity index (χ1n) is 9.71. The lowest BCUT2D eigenvalue weighted by molar-refractivity contribution is -0.121. The smallest absolute Gasteiger partial charge is 0.229 e. The van der Waals surface area contributed by atoms with Crippen LogP contribution in [-0.2, 0) is 11.3 Å². The molecule has 3 rings (SSSR count). The summed E-state index contributed by atoms with van der Waals surface area (Å²) in [5.41, 5.74) is 5.72. The fraction of sp³-hybridized carbons (Fsp3) is 0.778. The van der Waals surface area contributed by atoms with Crippen molar-refractivity contribution in [3.63, 3.8) is 0 Å². The van der Waals surface area contributed by atoms with Crippen molar-refractivity contribution in [2.24, 2.45) is 5.92 Å². The van der Waals surface area contributed by atoms with E-state index in [-0.39, 0.29) is 18.4 Å². The summed E-state index contributed by atoms with van der Waals surface area (Å²) >= 11 is 0. The topological polar surface area (TPSA) is 100 Å². The Labute approximate surface area is 155 Å². The first-order chi connectivity index (χ1) is 12.5. The molecule has 0 spiro atoms. The van der Waals surface area contributed by atoms with E-state index in [2.05, 4.69) is 25.2 Å². The zero-order valence-electron chi connectivity index (χ0n) is 15.9. The number of hydrogen-bond donors (Lipinski definition) is 2. The number of nitrogens with two attached hydrogens (primary N) is 1. The highest BCUT2D eigenvalue weighted by atomic mass is 16.1. The van der Waals surface area contributed by atoms with E-state index < -0.39 is 0 Å². The second-order valence-corrected chi connectivity index (χ2v) is 7.62. The quantitative estimate of drug-likeness (QED) is 0.785. The first-order valence-corrected chi connectivity index (χ1v) is 9.71. The Morgan fingerprint density at radius 1 is 1.19 bits per heavy atom. The van der Waals surface area contributed by atoms with Crippen LogP contribution in [0.4, 0.5) is 11.9 Å². The molecule has 1 amide bonds. The lowest BCUT2D eigenvalue weighted by atomic mass is 9.81. The fourth-order valence-electron chi connectivity index (χ4n) is 4.20. The van der Waals surface area contributed by atoms with E-state index in [1.54, 1.807) is 4.90 Å². The van der Waals surface area contributed by atoms with Crippen LogP contribution in [0.15, 0.2) is 0 Å². The Bertz CT molecular complexity index is 620. The first kappa shape index (κ1) is 18.8. The number of hydrogen-bond acceptors (Lipinski definition) is 7. The second kappa shape index (κ2) is 8.62. The summed E-state index contributed by atoms with van der Waals surface area (Å²) in [6, 6.07) is 0.691. The lowest BCUT2D eigenvalue weighted by Crippen LogP contribution is -2.48. The van der Waals surface area contributed by atoms with Crippen molar-refractivity contribution in [3.8, 4) is 0 Å². The van der Waals surface area contributed by atoms with Crippen molar-refractivity contribution in [1.29, 1.82) is 0 Å². The maximum absolute atomic E-state index is 12.3. The van der Waals surface area contributed by atoms with Gasteiger partial charge in [0.25, 0.3) is 0 Å². The molecule has 0 unspecified atom stereocenters. The van der Waals surface area contributed by atoms with Crippen LogP contribution in [-0.4, -0.2) is 59.0 Å². The summed E-state index contributed by atoms with van der Waals surface area (Å²) in [5.74, 6) is 1.88. The molecule has 0 bridgehead atoms. The predicted octanol–water partition coefficient (Wildman–Crippen LogP) is 1.18. The SMILES string of the molecule is CN(C)c1nc(N)nc(CNC(=O)CC[C@@H]2CCCN3CCCC[C@H]23)n1. The van der Waals surface area contributed by atoms with Gasteiger partial charge in [0, 0.05) is 26.6 Å². The van der Waals surface area contributed by atoms with E-state index in [1.807, 2.05) is 14.1 Å². The highest BCUT2D eigenvalue weighted by molar-refractivity contribution is 5.75. The van der Waals surface area contributed by atoms with E-state index in [0.29, 0.717) is 30.2 Å². The van der Waals surface area contributed by atoms with Gasteiger partial charge in [0.1, 0.15) is 0 Å². The van der Waals surface area contributed by atoms with Gasteiger partial charge in [-0.3, -0.25) is 4.79 Å². The van der Waals surface area contributed by atoms with Gasteiger partial charge in [-0.2, -0.15) is 15.0 Å². The van der Waals surface area contributed by atoms with Gasteiger partial charge in [-0.05, 0) is 51.1 Å². The molecular formula is C18H31N7O. The largest absolute Gasteiger partial charge is 0.368 e. The van der Waals surface area contributed by atoms with Crippen molar-refractivity contribution in [2.75, 3.05) is 37.8 Å². The van der Waals surface area contributed by atoms with Crippen LogP contribution < -0.4 is 16.0 Å². The highest BCUT2D eigenvalue weighted by Crippen LogP contribution is 2.33. The summed E-state index contributed by atoms with van der Waals surface area (Å²) in [4.78, 5) is 29.2. The van der Waals surface area contributed by atoms with Crippen molar-refractivity contribution >= 4 is 17.8 Å². The van der Waals surface area contributed by atoms with Gasteiger partial charge < -0.3 is 20.9 Å². The molecule has 0 radical (unpaired) electrons. The van der Waals surface area contributed by atoms with Gasteiger partial charge >= 0.3 is 0 Å². The Hall–Kier alpha value is -1.96. The van der Waals surface area contributed by atoms with Gasteiger partial charge in [0.2, 0.25) is 17.8 Å². The summed E-state index contributed by atoms with van der Waals surface area (Å²) < 4.78 is 0. The van der Waals surface area contributed by atoms with Gasteiger partial charge in [-0.15, -0.1) is 0 Å². The number of carbonyl (C=O) groups is 1. The number of piperidine rings is 2. The van der Waals surface area contributed by atoms with Crippen molar-refractivity contribution < 1.29 is 4.79 Å². The number of nitrogens with one attached hydrogen (secondary N) is 1. The van der Waals surface area contributed by atoms with Crippen LogP contribution in [0.3, 0.4) is 0 Å². The molecule has 2 atom stereocenters. The number of nitrogens with zero attached hydrogens (tertiary/aromatic N) is 5. The molecule has 8 heteroatoms. The van der Waals surface area contributed by atoms with E-state index in [1.165, 1.54) is 45.2 Å². The summed E-state index contributed by atoms with van der Waals surface area (Å²) in [7, 11) is 3.69. The lowest BCUT2D eigenvalue weighted by Gasteiger charge is -2.44. The molecule has 2 aliphatic rings. The zero-order chi connectivity index (χ0) is 18.5. The Morgan fingerprint density at radius 3 is 2.81 bits per heavy atom. The molecule has 1 aromatic heterocycles. The van der Waals surface area contributed by atoms with Crippen LogP contribution in [0.1, 0.15) is 50.8 Å². The third kappa shape index (κ3) is 4.81. The van der Waals surface area contributed by atoms with Crippen LogP contribution in [0.2, 0.25) is 0 Å². The second-order valence-electron chi connectivity index (χ2n) is 7.62. The standard InChI is InChI=1S/C18H31N7O/c1-24(2)18-22-15(21-17(19)23-18)12-20-16(26)9-8-13-6-5-11-25-10-4-3-7-14(13)25/h13-14H,3-12H2,1-2H3,(H,20,26)(H2,19,21,22,23)/t13-,14+/m0/s1. The van der Waals surface area contributed by atoms with Gasteiger partial charge in [-0.25, -0.2) is 0 Å². The molecule has 3 heterocycles. The molecule has 2 saturated heterocycles. The minimum absolute atomic E-state index is 0.0586. The average Bonchev–Trinajstić information content (AvgIpc) is 2.64. The third-order valence-corrected chi connectivity index (χ3v) is 5.50. The monoisotopic (exact) mass is 361 g/mol. The van der Waals surface area contributed by atoms with E-state index in [4.69, 9.17) is 5.73 Å². The Kier molecular flexibility index (Phi) is 6.24. The summed E-state index contributed by atoms with van der Waals surface area (Å²) in [5, 5.41) is 2.92. The minimum Gasteiger partial charge on any atom is -0.368 e. The number of carbonyl (C=O) groups excluding carboxylic acids is 1. The number of amides is 1. The zero-order valence-corrected chi connectivity index (χ0v) is 15.9. The Balaban J connectivity index is 1.47. The minimum atomic E-state index is 0.0586. The molecule has 3 N–H and O–H groups in total. The molecule has 1 aromatic rings. The van der Waals surface area contributed by atoms with Crippen LogP contribution in [0.5, 0.6) is 0 Å². The maximum Gasteiger partial charge on any atom is 0.229 e. The van der Waals surface area contributed by atoms with Crippen LogP contribution in [0.25, 0.3) is 0 Å². The number of fused-ring (bicyclic) bond motifs is 1.